The van der Waals surface area contributed by atoms with Crippen molar-refractivity contribution in [1.29, 1.82) is 0 Å². The molecular formula is C20H25N3O2. The lowest BCUT2D eigenvalue weighted by Gasteiger charge is -2.32. The lowest BCUT2D eigenvalue weighted by Crippen LogP contribution is -2.45. The van der Waals surface area contributed by atoms with Gasteiger partial charge in [0, 0.05) is 18.9 Å². The summed E-state index contributed by atoms with van der Waals surface area (Å²) in [7, 11) is 0. The van der Waals surface area contributed by atoms with Gasteiger partial charge in [0.15, 0.2) is 0 Å². The average molecular weight is 339 g/mol. The first-order valence-corrected chi connectivity index (χ1v) is 8.91. The van der Waals surface area contributed by atoms with Gasteiger partial charge in [-0.05, 0) is 29.9 Å². The molecule has 25 heavy (non-hydrogen) atoms. The van der Waals surface area contributed by atoms with Gasteiger partial charge in [-0.3, -0.25) is 9.78 Å². The van der Waals surface area contributed by atoms with Crippen LogP contribution in [0.25, 0.3) is 0 Å². The molecule has 5 nitrogen and oxygen atoms in total. The van der Waals surface area contributed by atoms with E-state index in [-0.39, 0.29) is 12.0 Å². The fourth-order valence-electron chi connectivity index (χ4n) is 3.08. The molecule has 0 aliphatic carbocycles. The first-order valence-electron chi connectivity index (χ1n) is 8.91. The van der Waals surface area contributed by atoms with Crippen molar-refractivity contribution < 1.29 is 9.53 Å². The summed E-state index contributed by atoms with van der Waals surface area (Å²) < 4.78 is 5.86. The minimum absolute atomic E-state index is 0.0160. The first kappa shape index (κ1) is 17.4. The molecule has 5 heteroatoms. The number of ether oxygens (including phenoxy) is 1. The summed E-state index contributed by atoms with van der Waals surface area (Å²) in [5.74, 6) is 1.18. The third-order valence-electron chi connectivity index (χ3n) is 4.56. The Hall–Kier alpha value is -2.43. The largest absolute Gasteiger partial charge is 0.471 e. The molecule has 2 aromatic rings. The summed E-state index contributed by atoms with van der Waals surface area (Å²) in [6.45, 7) is 5.75. The van der Waals surface area contributed by atoms with Crippen LogP contribution in [0.4, 0.5) is 0 Å². The second-order valence-electron chi connectivity index (χ2n) is 6.84. The van der Waals surface area contributed by atoms with Crippen molar-refractivity contribution in [2.45, 2.75) is 45.1 Å². The molecule has 3 rings (SSSR count). The van der Waals surface area contributed by atoms with Gasteiger partial charge in [0.1, 0.15) is 6.10 Å². The zero-order valence-corrected chi connectivity index (χ0v) is 14.9. The number of rotatable bonds is 5. The van der Waals surface area contributed by atoms with Crippen molar-refractivity contribution in [1.82, 2.24) is 14.9 Å². The van der Waals surface area contributed by atoms with Gasteiger partial charge in [-0.2, -0.15) is 0 Å². The molecular weight excluding hydrogens is 314 g/mol. The number of likely N-dealkylation sites (tertiary alicyclic amines) is 1. The average Bonchev–Trinajstić information content (AvgIpc) is 2.63. The van der Waals surface area contributed by atoms with Gasteiger partial charge in [-0.1, -0.05) is 38.1 Å². The van der Waals surface area contributed by atoms with Gasteiger partial charge >= 0.3 is 0 Å². The molecule has 0 saturated carbocycles. The SMILES string of the molecule is CC(C)c1ccc(CC(=O)N2CCCC(Oc3cnccn3)C2)cc1. The number of hydrogen-bond donors (Lipinski definition) is 0. The molecule has 2 heterocycles. The monoisotopic (exact) mass is 339 g/mol. The van der Waals surface area contributed by atoms with Gasteiger partial charge in [-0.15, -0.1) is 0 Å². The Labute approximate surface area is 149 Å². The predicted octanol–water partition coefficient (Wildman–Crippen LogP) is 3.21. The molecule has 1 atom stereocenters. The van der Waals surface area contributed by atoms with E-state index in [4.69, 9.17) is 4.74 Å². The van der Waals surface area contributed by atoms with Crippen LogP contribution in [0.1, 0.15) is 43.7 Å². The fraction of sp³-hybridized carbons (Fsp3) is 0.450. The van der Waals surface area contributed by atoms with Gasteiger partial charge in [0.25, 0.3) is 0 Å². The van der Waals surface area contributed by atoms with Crippen LogP contribution in [0.15, 0.2) is 42.9 Å². The maximum atomic E-state index is 12.6. The molecule has 1 aromatic heterocycles. The number of benzene rings is 1. The maximum Gasteiger partial charge on any atom is 0.232 e. The summed E-state index contributed by atoms with van der Waals surface area (Å²) in [4.78, 5) is 22.7. The van der Waals surface area contributed by atoms with Gasteiger partial charge in [-0.25, -0.2) is 4.98 Å². The summed E-state index contributed by atoms with van der Waals surface area (Å²) in [6.07, 6.45) is 7.15. The molecule has 1 amide bonds. The summed E-state index contributed by atoms with van der Waals surface area (Å²) >= 11 is 0. The zero-order chi connectivity index (χ0) is 17.6. The molecule has 1 saturated heterocycles. The Morgan fingerprint density at radius 2 is 2.08 bits per heavy atom. The van der Waals surface area contributed by atoms with Crippen LogP contribution >= 0.6 is 0 Å². The van der Waals surface area contributed by atoms with E-state index < -0.39 is 0 Å². The molecule has 0 bridgehead atoms. The van der Waals surface area contributed by atoms with Crippen molar-refractivity contribution in [2.24, 2.45) is 0 Å². The summed E-state index contributed by atoms with van der Waals surface area (Å²) in [6, 6.07) is 8.35. The van der Waals surface area contributed by atoms with Gasteiger partial charge in [0.05, 0.1) is 19.2 Å². The first-order chi connectivity index (χ1) is 12.1. The highest BCUT2D eigenvalue weighted by Crippen LogP contribution is 2.18. The van der Waals surface area contributed by atoms with Crippen LogP contribution in [-0.4, -0.2) is 40.0 Å². The van der Waals surface area contributed by atoms with Crippen molar-refractivity contribution in [2.75, 3.05) is 13.1 Å². The number of amides is 1. The minimum Gasteiger partial charge on any atom is -0.471 e. The van der Waals surface area contributed by atoms with E-state index in [1.165, 1.54) is 5.56 Å². The number of hydrogen-bond acceptors (Lipinski definition) is 4. The quantitative estimate of drug-likeness (QED) is 0.839. The molecule has 132 valence electrons. The van der Waals surface area contributed by atoms with E-state index in [2.05, 4.69) is 48.1 Å². The molecule has 1 aromatic carbocycles. The fourth-order valence-corrected chi connectivity index (χ4v) is 3.08. The molecule has 1 fully saturated rings. The standard InChI is InChI=1S/C20H25N3O2/c1-15(2)17-7-5-16(6-8-17)12-20(24)23-11-3-4-18(14-23)25-19-13-21-9-10-22-19/h5-10,13,15,18H,3-4,11-12,14H2,1-2H3. The smallest absolute Gasteiger partial charge is 0.232 e. The van der Waals surface area contributed by atoms with Crippen LogP contribution < -0.4 is 4.74 Å². The van der Waals surface area contributed by atoms with Crippen LogP contribution in [0.5, 0.6) is 5.88 Å². The number of piperidine rings is 1. The number of carbonyl (C=O) groups is 1. The van der Waals surface area contributed by atoms with E-state index in [0.717, 1.165) is 24.9 Å². The molecule has 0 spiro atoms. The number of carbonyl (C=O) groups excluding carboxylic acids is 1. The summed E-state index contributed by atoms with van der Waals surface area (Å²) in [5.41, 5.74) is 2.36. The maximum absolute atomic E-state index is 12.6. The van der Waals surface area contributed by atoms with E-state index in [1.807, 2.05) is 4.90 Å². The second-order valence-corrected chi connectivity index (χ2v) is 6.84. The molecule has 1 aliphatic heterocycles. The van der Waals surface area contributed by atoms with Crippen molar-refractivity contribution in [3.63, 3.8) is 0 Å². The molecule has 0 N–H and O–H groups in total. The Balaban J connectivity index is 1.56. The Morgan fingerprint density at radius 3 is 2.76 bits per heavy atom. The van der Waals surface area contributed by atoms with E-state index in [9.17, 15) is 4.79 Å². The lowest BCUT2D eigenvalue weighted by molar-refractivity contribution is -0.133. The van der Waals surface area contributed by atoms with Gasteiger partial charge < -0.3 is 9.64 Å². The Bertz CT molecular complexity index is 686. The predicted molar refractivity (Wildman–Crippen MR) is 96.5 cm³/mol. The number of aromatic nitrogens is 2. The summed E-state index contributed by atoms with van der Waals surface area (Å²) in [5, 5.41) is 0. The Kier molecular flexibility index (Phi) is 5.64. The van der Waals surface area contributed by atoms with Crippen LogP contribution in [0.2, 0.25) is 0 Å². The van der Waals surface area contributed by atoms with Crippen LogP contribution in [0, 0.1) is 0 Å². The van der Waals surface area contributed by atoms with E-state index in [1.54, 1.807) is 18.6 Å². The minimum atomic E-state index is -0.0160. The highest BCUT2D eigenvalue weighted by atomic mass is 16.5. The topological polar surface area (TPSA) is 55.3 Å². The van der Waals surface area contributed by atoms with E-state index >= 15 is 0 Å². The highest BCUT2D eigenvalue weighted by molar-refractivity contribution is 5.79. The zero-order valence-electron chi connectivity index (χ0n) is 14.9. The van der Waals surface area contributed by atoms with Crippen LogP contribution in [0.3, 0.4) is 0 Å². The van der Waals surface area contributed by atoms with Crippen molar-refractivity contribution in [3.05, 3.63) is 54.0 Å². The van der Waals surface area contributed by atoms with Crippen molar-refractivity contribution in [3.8, 4) is 5.88 Å². The second kappa shape index (κ2) is 8.10. The van der Waals surface area contributed by atoms with Gasteiger partial charge in [0.2, 0.25) is 11.8 Å². The number of nitrogens with zero attached hydrogens (tertiary/aromatic N) is 3. The molecule has 0 radical (unpaired) electrons. The third kappa shape index (κ3) is 4.78. The van der Waals surface area contributed by atoms with Crippen molar-refractivity contribution >= 4 is 5.91 Å². The highest BCUT2D eigenvalue weighted by Gasteiger charge is 2.25. The lowest BCUT2D eigenvalue weighted by atomic mass is 10.0. The molecule has 1 unspecified atom stereocenters. The Morgan fingerprint density at radius 1 is 1.28 bits per heavy atom. The third-order valence-corrected chi connectivity index (χ3v) is 4.56. The normalized spacial score (nSPS) is 17.6. The van der Waals surface area contributed by atoms with Crippen LogP contribution in [-0.2, 0) is 11.2 Å². The van der Waals surface area contributed by atoms with E-state index in [0.29, 0.717) is 24.8 Å². The molecule has 1 aliphatic rings.